The molecule has 0 unspecified atom stereocenters. The molecule has 1 aromatic heterocycles. The summed E-state index contributed by atoms with van der Waals surface area (Å²) in [5, 5.41) is 10.6. The highest BCUT2D eigenvalue weighted by Gasteiger charge is 2.08. The molecule has 84 valence electrons. The van der Waals surface area contributed by atoms with Gasteiger partial charge in [-0.2, -0.15) is 4.37 Å². The zero-order valence-corrected chi connectivity index (χ0v) is 10.5. The summed E-state index contributed by atoms with van der Waals surface area (Å²) in [6.45, 7) is 0.0794. The van der Waals surface area contributed by atoms with E-state index in [1.165, 1.54) is 11.5 Å². The van der Waals surface area contributed by atoms with Crippen LogP contribution < -0.4 is 0 Å². The van der Waals surface area contributed by atoms with Crippen LogP contribution in [0.3, 0.4) is 0 Å². The van der Waals surface area contributed by atoms with Crippen LogP contribution in [0.2, 0.25) is 10.0 Å². The summed E-state index contributed by atoms with van der Waals surface area (Å²) in [5.41, 5.74) is 0.829. The average molecular weight is 275 g/mol. The van der Waals surface area contributed by atoms with Crippen LogP contribution in [0.5, 0.6) is 0 Å². The lowest BCUT2D eigenvalue weighted by atomic mass is 10.2. The number of benzene rings is 1. The van der Waals surface area contributed by atoms with E-state index in [1.807, 2.05) is 6.07 Å². The van der Waals surface area contributed by atoms with Gasteiger partial charge in [0.25, 0.3) is 0 Å². The second-order valence-corrected chi connectivity index (χ2v) is 4.77. The Morgan fingerprint density at radius 2 is 2.06 bits per heavy atom. The van der Waals surface area contributed by atoms with Gasteiger partial charge in [-0.05, 0) is 29.7 Å². The summed E-state index contributed by atoms with van der Waals surface area (Å²) in [5.74, 6) is 0.618. The second-order valence-electron chi connectivity index (χ2n) is 3.11. The number of halogens is 2. The van der Waals surface area contributed by atoms with Crippen molar-refractivity contribution in [1.29, 1.82) is 0 Å². The number of hydrogen-bond acceptors (Lipinski definition) is 4. The van der Waals surface area contributed by atoms with Crippen molar-refractivity contribution in [2.24, 2.45) is 0 Å². The normalized spacial score (nSPS) is 10.7. The highest BCUT2D eigenvalue weighted by atomic mass is 35.5. The minimum absolute atomic E-state index is 0.0794. The zero-order chi connectivity index (χ0) is 11.5. The standard InChI is InChI=1S/C10H8Cl2N2OS/c11-7-2-1-6(5-8(7)12)10-13-9(3-4-15)16-14-10/h1-2,5,15H,3-4H2. The van der Waals surface area contributed by atoms with E-state index in [9.17, 15) is 0 Å². The molecule has 0 aliphatic rings. The van der Waals surface area contributed by atoms with Crippen LogP contribution in [0.15, 0.2) is 18.2 Å². The third kappa shape index (κ3) is 2.52. The third-order valence-electron chi connectivity index (χ3n) is 1.97. The number of aliphatic hydroxyl groups is 1. The highest BCUT2D eigenvalue weighted by Crippen LogP contribution is 2.27. The van der Waals surface area contributed by atoms with Crippen molar-refractivity contribution < 1.29 is 5.11 Å². The lowest BCUT2D eigenvalue weighted by Crippen LogP contribution is -1.89. The fraction of sp³-hybridized carbons (Fsp3) is 0.200. The topological polar surface area (TPSA) is 46.0 Å². The Kier molecular flexibility index (Phi) is 3.76. The van der Waals surface area contributed by atoms with E-state index < -0.39 is 0 Å². The maximum atomic E-state index is 8.78. The van der Waals surface area contributed by atoms with Crippen molar-refractivity contribution in [3.05, 3.63) is 33.3 Å². The Bertz CT molecular complexity index is 501. The number of hydrogen-bond donors (Lipinski definition) is 1. The molecule has 0 aliphatic carbocycles. The molecule has 1 heterocycles. The van der Waals surface area contributed by atoms with Crippen LogP contribution >= 0.6 is 34.7 Å². The first-order valence-corrected chi connectivity index (χ1v) is 6.12. The largest absolute Gasteiger partial charge is 0.396 e. The molecule has 1 N–H and O–H groups in total. The Labute approximate surface area is 107 Å². The zero-order valence-electron chi connectivity index (χ0n) is 8.15. The number of aliphatic hydroxyl groups excluding tert-OH is 1. The second kappa shape index (κ2) is 5.10. The molecular formula is C10H8Cl2N2OS. The van der Waals surface area contributed by atoms with Gasteiger partial charge in [0.05, 0.1) is 10.0 Å². The van der Waals surface area contributed by atoms with Gasteiger partial charge in [0.15, 0.2) is 5.82 Å². The molecule has 16 heavy (non-hydrogen) atoms. The smallest absolute Gasteiger partial charge is 0.173 e. The minimum atomic E-state index is 0.0794. The molecule has 6 heteroatoms. The molecule has 0 saturated heterocycles. The molecule has 0 radical (unpaired) electrons. The molecule has 0 spiro atoms. The van der Waals surface area contributed by atoms with E-state index in [0.29, 0.717) is 22.3 Å². The lowest BCUT2D eigenvalue weighted by Gasteiger charge is -1.98. The molecule has 0 saturated carbocycles. The van der Waals surface area contributed by atoms with Gasteiger partial charge >= 0.3 is 0 Å². The minimum Gasteiger partial charge on any atom is -0.396 e. The van der Waals surface area contributed by atoms with Crippen molar-refractivity contribution in [2.45, 2.75) is 6.42 Å². The summed E-state index contributed by atoms with van der Waals surface area (Å²) in [7, 11) is 0. The lowest BCUT2D eigenvalue weighted by molar-refractivity contribution is 0.299. The van der Waals surface area contributed by atoms with Gasteiger partial charge in [-0.1, -0.05) is 23.2 Å². The fourth-order valence-corrected chi connectivity index (χ4v) is 2.15. The average Bonchev–Trinajstić information content (AvgIpc) is 2.71. The van der Waals surface area contributed by atoms with E-state index >= 15 is 0 Å². The molecule has 0 atom stereocenters. The first kappa shape index (κ1) is 11.8. The SMILES string of the molecule is OCCc1nc(-c2ccc(Cl)c(Cl)c2)ns1. The molecule has 0 amide bonds. The highest BCUT2D eigenvalue weighted by molar-refractivity contribution is 7.05. The van der Waals surface area contributed by atoms with Gasteiger partial charge in [0.1, 0.15) is 5.01 Å². The van der Waals surface area contributed by atoms with Crippen molar-refractivity contribution in [1.82, 2.24) is 9.36 Å². The molecular weight excluding hydrogens is 267 g/mol. The number of rotatable bonds is 3. The van der Waals surface area contributed by atoms with E-state index in [1.54, 1.807) is 12.1 Å². The van der Waals surface area contributed by atoms with E-state index in [2.05, 4.69) is 9.36 Å². The van der Waals surface area contributed by atoms with Crippen LogP contribution in [0.25, 0.3) is 11.4 Å². The fourth-order valence-electron chi connectivity index (χ4n) is 1.20. The van der Waals surface area contributed by atoms with Crippen LogP contribution in [0.1, 0.15) is 5.01 Å². The van der Waals surface area contributed by atoms with Gasteiger partial charge in [0.2, 0.25) is 0 Å². The summed E-state index contributed by atoms with van der Waals surface area (Å²) in [6, 6.07) is 5.26. The Balaban J connectivity index is 2.31. The van der Waals surface area contributed by atoms with Gasteiger partial charge in [0, 0.05) is 18.6 Å². The summed E-state index contributed by atoms with van der Waals surface area (Å²) >= 11 is 13.0. The van der Waals surface area contributed by atoms with Crippen molar-refractivity contribution in [2.75, 3.05) is 6.61 Å². The van der Waals surface area contributed by atoms with Crippen molar-refractivity contribution in [3.63, 3.8) is 0 Å². The van der Waals surface area contributed by atoms with E-state index in [-0.39, 0.29) is 6.61 Å². The third-order valence-corrected chi connectivity index (χ3v) is 3.48. The van der Waals surface area contributed by atoms with Crippen molar-refractivity contribution >= 4 is 34.7 Å². The maximum absolute atomic E-state index is 8.78. The Morgan fingerprint density at radius 1 is 1.25 bits per heavy atom. The summed E-state index contributed by atoms with van der Waals surface area (Å²) < 4.78 is 4.19. The summed E-state index contributed by atoms with van der Waals surface area (Å²) in [6.07, 6.45) is 0.527. The number of nitrogens with zero attached hydrogens (tertiary/aromatic N) is 2. The number of aromatic nitrogens is 2. The van der Waals surface area contributed by atoms with Gasteiger partial charge in [-0.15, -0.1) is 0 Å². The molecule has 1 aromatic carbocycles. The monoisotopic (exact) mass is 274 g/mol. The van der Waals surface area contributed by atoms with Crippen LogP contribution in [0.4, 0.5) is 0 Å². The van der Waals surface area contributed by atoms with Gasteiger partial charge in [-0.3, -0.25) is 0 Å². The quantitative estimate of drug-likeness (QED) is 0.936. The molecule has 0 fully saturated rings. The maximum Gasteiger partial charge on any atom is 0.173 e. The predicted molar refractivity (Wildman–Crippen MR) is 66.2 cm³/mol. The van der Waals surface area contributed by atoms with Gasteiger partial charge in [-0.25, -0.2) is 4.98 Å². The van der Waals surface area contributed by atoms with Crippen molar-refractivity contribution in [3.8, 4) is 11.4 Å². The van der Waals surface area contributed by atoms with Crippen LogP contribution in [0, 0.1) is 0 Å². The van der Waals surface area contributed by atoms with E-state index in [4.69, 9.17) is 28.3 Å². The Morgan fingerprint density at radius 3 is 2.75 bits per heavy atom. The first-order valence-electron chi connectivity index (χ1n) is 4.59. The summed E-state index contributed by atoms with van der Waals surface area (Å²) in [4.78, 5) is 4.29. The van der Waals surface area contributed by atoms with Gasteiger partial charge < -0.3 is 5.11 Å². The Hall–Kier alpha value is -0.680. The van der Waals surface area contributed by atoms with E-state index in [0.717, 1.165) is 10.6 Å². The first-order chi connectivity index (χ1) is 7.70. The predicted octanol–water partition coefficient (Wildman–Crippen LogP) is 3.05. The molecule has 0 aliphatic heterocycles. The molecule has 0 bridgehead atoms. The molecule has 2 rings (SSSR count). The molecule has 2 aromatic rings. The molecule has 3 nitrogen and oxygen atoms in total. The van der Waals surface area contributed by atoms with Crippen LogP contribution in [-0.4, -0.2) is 21.1 Å². The van der Waals surface area contributed by atoms with Crippen LogP contribution in [-0.2, 0) is 6.42 Å².